The van der Waals surface area contributed by atoms with Gasteiger partial charge in [0.1, 0.15) is 0 Å². The molecule has 18 heavy (non-hydrogen) atoms. The van der Waals surface area contributed by atoms with Crippen molar-refractivity contribution in [2.45, 2.75) is 20.4 Å². The molecule has 0 unspecified atom stereocenters. The first kappa shape index (κ1) is 15.0. The minimum atomic E-state index is 0.0363. The van der Waals surface area contributed by atoms with Crippen molar-refractivity contribution < 1.29 is 4.79 Å². The number of hydrogen-bond donors (Lipinski definition) is 2. The Kier molecular flexibility index (Phi) is 6.15. The van der Waals surface area contributed by atoms with Gasteiger partial charge in [0.25, 0.3) is 0 Å². The van der Waals surface area contributed by atoms with E-state index in [9.17, 15) is 4.79 Å². The standard InChI is InChI=1S/C13H20BrN3O/c1-3-16-13(18)9-17(4-2)12-6-5-10(8-15)7-11(12)14/h5-7H,3-4,8-9,15H2,1-2H3,(H,16,18). The molecule has 1 rings (SSSR count). The Morgan fingerprint density at radius 3 is 2.67 bits per heavy atom. The van der Waals surface area contributed by atoms with Crippen molar-refractivity contribution in [3.05, 3.63) is 28.2 Å². The molecule has 0 saturated carbocycles. The highest BCUT2D eigenvalue weighted by Gasteiger charge is 2.12. The van der Waals surface area contributed by atoms with Gasteiger partial charge in [-0.2, -0.15) is 0 Å². The Hall–Kier alpha value is -1.07. The van der Waals surface area contributed by atoms with Crippen molar-refractivity contribution in [2.75, 3.05) is 24.5 Å². The lowest BCUT2D eigenvalue weighted by Crippen LogP contribution is -2.37. The molecule has 4 nitrogen and oxygen atoms in total. The Bertz CT molecular complexity index is 409. The van der Waals surface area contributed by atoms with E-state index in [1.54, 1.807) is 0 Å². The van der Waals surface area contributed by atoms with E-state index in [4.69, 9.17) is 5.73 Å². The summed E-state index contributed by atoms with van der Waals surface area (Å²) in [5.74, 6) is 0.0363. The molecule has 0 bridgehead atoms. The third-order valence-corrected chi connectivity index (χ3v) is 3.31. The van der Waals surface area contributed by atoms with Gasteiger partial charge in [0.05, 0.1) is 12.2 Å². The second-order valence-corrected chi connectivity index (χ2v) is 4.81. The van der Waals surface area contributed by atoms with Gasteiger partial charge in [-0.05, 0) is 47.5 Å². The topological polar surface area (TPSA) is 58.4 Å². The molecular weight excluding hydrogens is 294 g/mol. The predicted molar refractivity (Wildman–Crippen MR) is 78.6 cm³/mol. The number of nitrogens with two attached hydrogens (primary N) is 1. The van der Waals surface area contributed by atoms with Crippen LogP contribution in [0.1, 0.15) is 19.4 Å². The summed E-state index contributed by atoms with van der Waals surface area (Å²) in [5, 5.41) is 2.81. The number of nitrogens with zero attached hydrogens (tertiary/aromatic N) is 1. The summed E-state index contributed by atoms with van der Waals surface area (Å²) in [6.07, 6.45) is 0. The molecule has 5 heteroatoms. The first-order valence-electron chi connectivity index (χ1n) is 6.12. The van der Waals surface area contributed by atoms with Crippen LogP contribution in [0.4, 0.5) is 5.69 Å². The molecule has 1 aromatic rings. The second-order valence-electron chi connectivity index (χ2n) is 3.96. The molecule has 1 aromatic carbocycles. The molecule has 0 aliphatic heterocycles. The molecule has 0 aliphatic rings. The second kappa shape index (κ2) is 7.38. The number of carbonyl (C=O) groups excluding carboxylic acids is 1. The maximum atomic E-state index is 11.6. The number of amides is 1. The molecule has 0 aromatic heterocycles. The van der Waals surface area contributed by atoms with Gasteiger partial charge in [-0.3, -0.25) is 4.79 Å². The molecule has 0 aliphatic carbocycles. The lowest BCUT2D eigenvalue weighted by atomic mass is 10.2. The minimum Gasteiger partial charge on any atom is -0.362 e. The first-order valence-corrected chi connectivity index (χ1v) is 6.91. The van der Waals surface area contributed by atoms with Crippen LogP contribution in [-0.2, 0) is 11.3 Å². The SMILES string of the molecule is CCNC(=O)CN(CC)c1ccc(CN)cc1Br. The van der Waals surface area contributed by atoms with Crippen LogP contribution in [-0.4, -0.2) is 25.5 Å². The zero-order chi connectivity index (χ0) is 13.5. The summed E-state index contributed by atoms with van der Waals surface area (Å²) in [5.41, 5.74) is 7.68. The predicted octanol–water partition coefficient (Wildman–Crippen LogP) is 1.87. The quantitative estimate of drug-likeness (QED) is 0.843. The molecule has 0 fully saturated rings. The Morgan fingerprint density at radius 1 is 1.44 bits per heavy atom. The number of likely N-dealkylation sites (N-methyl/N-ethyl adjacent to an activating group) is 2. The van der Waals surface area contributed by atoms with Crippen LogP contribution in [0.5, 0.6) is 0 Å². The summed E-state index contributed by atoms with van der Waals surface area (Å²) in [7, 11) is 0. The third kappa shape index (κ3) is 3.99. The lowest BCUT2D eigenvalue weighted by Gasteiger charge is -2.24. The molecule has 0 spiro atoms. The van der Waals surface area contributed by atoms with Crippen molar-refractivity contribution in [3.63, 3.8) is 0 Å². The van der Waals surface area contributed by atoms with Crippen molar-refractivity contribution in [3.8, 4) is 0 Å². The highest BCUT2D eigenvalue weighted by atomic mass is 79.9. The first-order chi connectivity index (χ1) is 8.62. The van der Waals surface area contributed by atoms with Crippen LogP contribution in [0.3, 0.4) is 0 Å². The largest absolute Gasteiger partial charge is 0.362 e. The molecule has 0 atom stereocenters. The van der Waals surface area contributed by atoms with E-state index in [0.717, 1.165) is 22.3 Å². The van der Waals surface area contributed by atoms with Crippen LogP contribution in [0.15, 0.2) is 22.7 Å². The highest BCUT2D eigenvalue weighted by molar-refractivity contribution is 9.10. The van der Waals surface area contributed by atoms with E-state index >= 15 is 0 Å². The van der Waals surface area contributed by atoms with E-state index < -0.39 is 0 Å². The van der Waals surface area contributed by atoms with E-state index in [1.165, 1.54) is 0 Å². The van der Waals surface area contributed by atoms with E-state index in [-0.39, 0.29) is 5.91 Å². The zero-order valence-electron chi connectivity index (χ0n) is 10.9. The fourth-order valence-electron chi connectivity index (χ4n) is 1.73. The lowest BCUT2D eigenvalue weighted by molar-refractivity contribution is -0.119. The van der Waals surface area contributed by atoms with Crippen molar-refractivity contribution >= 4 is 27.5 Å². The number of hydrogen-bond acceptors (Lipinski definition) is 3. The van der Waals surface area contributed by atoms with Crippen LogP contribution >= 0.6 is 15.9 Å². The van der Waals surface area contributed by atoms with E-state index in [2.05, 4.69) is 21.2 Å². The minimum absolute atomic E-state index is 0.0363. The van der Waals surface area contributed by atoms with Gasteiger partial charge in [0.15, 0.2) is 0 Å². The van der Waals surface area contributed by atoms with Crippen LogP contribution in [0, 0.1) is 0 Å². The van der Waals surface area contributed by atoms with Crippen LogP contribution in [0.2, 0.25) is 0 Å². The molecule has 0 saturated heterocycles. The average Bonchev–Trinajstić information content (AvgIpc) is 2.36. The van der Waals surface area contributed by atoms with Crippen LogP contribution < -0.4 is 16.0 Å². The molecule has 100 valence electrons. The molecular formula is C13H20BrN3O. The maximum absolute atomic E-state index is 11.6. The fraction of sp³-hybridized carbons (Fsp3) is 0.462. The van der Waals surface area contributed by atoms with Gasteiger partial charge >= 0.3 is 0 Å². The monoisotopic (exact) mass is 313 g/mol. The number of halogens is 1. The zero-order valence-corrected chi connectivity index (χ0v) is 12.5. The van der Waals surface area contributed by atoms with Gasteiger partial charge < -0.3 is 16.0 Å². The number of anilines is 1. The number of nitrogens with one attached hydrogen (secondary N) is 1. The molecule has 1 amide bonds. The van der Waals surface area contributed by atoms with Gasteiger partial charge in [0.2, 0.25) is 5.91 Å². The highest BCUT2D eigenvalue weighted by Crippen LogP contribution is 2.27. The Morgan fingerprint density at radius 2 is 2.17 bits per heavy atom. The summed E-state index contributed by atoms with van der Waals surface area (Å²) in [6, 6.07) is 5.98. The van der Waals surface area contributed by atoms with Crippen molar-refractivity contribution in [2.24, 2.45) is 5.73 Å². The maximum Gasteiger partial charge on any atom is 0.239 e. The Labute approximate surface area is 117 Å². The smallest absolute Gasteiger partial charge is 0.239 e. The van der Waals surface area contributed by atoms with Crippen molar-refractivity contribution in [1.29, 1.82) is 0 Å². The fourth-order valence-corrected chi connectivity index (χ4v) is 2.40. The number of benzene rings is 1. The molecule has 3 N–H and O–H groups in total. The summed E-state index contributed by atoms with van der Waals surface area (Å²) in [6.45, 7) is 6.26. The Balaban J connectivity index is 2.85. The van der Waals surface area contributed by atoms with Gasteiger partial charge in [0, 0.05) is 24.1 Å². The third-order valence-electron chi connectivity index (χ3n) is 2.68. The van der Waals surface area contributed by atoms with E-state index in [0.29, 0.717) is 19.6 Å². The molecule has 0 radical (unpaired) electrons. The van der Waals surface area contributed by atoms with Gasteiger partial charge in [-0.15, -0.1) is 0 Å². The summed E-state index contributed by atoms with van der Waals surface area (Å²) in [4.78, 5) is 13.7. The normalized spacial score (nSPS) is 10.2. The van der Waals surface area contributed by atoms with Crippen LogP contribution in [0.25, 0.3) is 0 Å². The summed E-state index contributed by atoms with van der Waals surface area (Å²) >= 11 is 3.53. The van der Waals surface area contributed by atoms with Gasteiger partial charge in [-0.25, -0.2) is 0 Å². The number of carbonyl (C=O) groups is 1. The molecule has 0 heterocycles. The number of rotatable bonds is 6. The van der Waals surface area contributed by atoms with E-state index in [1.807, 2.05) is 36.9 Å². The van der Waals surface area contributed by atoms with Crippen molar-refractivity contribution in [1.82, 2.24) is 5.32 Å². The van der Waals surface area contributed by atoms with Gasteiger partial charge in [-0.1, -0.05) is 6.07 Å². The summed E-state index contributed by atoms with van der Waals surface area (Å²) < 4.78 is 0.969. The average molecular weight is 314 g/mol.